The Morgan fingerprint density at radius 1 is 1.43 bits per heavy atom. The quantitative estimate of drug-likeness (QED) is 0.667. The Bertz CT molecular complexity index is 177. The Kier molecular flexibility index (Phi) is 4.90. The summed E-state index contributed by atoms with van der Waals surface area (Å²) in [6.45, 7) is 0.912. The monoisotopic (exact) mass is 200 g/mol. The molecule has 0 aromatic heterocycles. The number of nitrogens with zero attached hydrogens (tertiary/aromatic N) is 1. The van der Waals surface area contributed by atoms with Crippen molar-refractivity contribution in [3.05, 3.63) is 0 Å². The van der Waals surface area contributed by atoms with Crippen LogP contribution >= 0.6 is 0 Å². The maximum atomic E-state index is 11.1. The van der Waals surface area contributed by atoms with Gasteiger partial charge in [0, 0.05) is 14.1 Å². The highest BCUT2D eigenvalue weighted by atomic mass is 16.5. The maximum absolute atomic E-state index is 11.1. The molecule has 0 saturated heterocycles. The summed E-state index contributed by atoms with van der Waals surface area (Å²) in [7, 11) is 3.57. The molecule has 1 amide bonds. The summed E-state index contributed by atoms with van der Waals surface area (Å²) in [5.41, 5.74) is 2.64. The highest BCUT2D eigenvalue weighted by Gasteiger charge is 2.15. The SMILES string of the molecule is CN(C)NC(=O)COCC1CCCC1. The van der Waals surface area contributed by atoms with E-state index in [2.05, 4.69) is 5.43 Å². The van der Waals surface area contributed by atoms with Crippen LogP contribution in [0.4, 0.5) is 0 Å². The molecule has 14 heavy (non-hydrogen) atoms. The van der Waals surface area contributed by atoms with E-state index in [1.54, 1.807) is 19.1 Å². The van der Waals surface area contributed by atoms with Crippen molar-refractivity contribution in [2.24, 2.45) is 5.92 Å². The van der Waals surface area contributed by atoms with E-state index in [9.17, 15) is 4.79 Å². The van der Waals surface area contributed by atoms with Crippen LogP contribution in [0, 0.1) is 5.92 Å². The lowest BCUT2D eigenvalue weighted by Gasteiger charge is -2.13. The zero-order valence-electron chi connectivity index (χ0n) is 9.08. The van der Waals surface area contributed by atoms with E-state index in [1.165, 1.54) is 25.7 Å². The molecule has 1 aliphatic rings. The Morgan fingerprint density at radius 3 is 2.64 bits per heavy atom. The Hall–Kier alpha value is -0.610. The predicted molar refractivity (Wildman–Crippen MR) is 54.6 cm³/mol. The van der Waals surface area contributed by atoms with Gasteiger partial charge in [0.25, 0.3) is 5.91 Å². The van der Waals surface area contributed by atoms with Crippen LogP contribution in [0.25, 0.3) is 0 Å². The Balaban J connectivity index is 1.99. The number of rotatable bonds is 5. The fourth-order valence-electron chi connectivity index (χ4n) is 1.78. The highest BCUT2D eigenvalue weighted by molar-refractivity contribution is 5.76. The van der Waals surface area contributed by atoms with E-state index < -0.39 is 0 Å². The third kappa shape index (κ3) is 4.58. The summed E-state index contributed by atoms with van der Waals surface area (Å²) in [4.78, 5) is 11.1. The van der Waals surface area contributed by atoms with E-state index in [4.69, 9.17) is 4.74 Å². The molecule has 0 spiro atoms. The smallest absolute Gasteiger partial charge is 0.260 e. The molecule has 1 saturated carbocycles. The van der Waals surface area contributed by atoms with Gasteiger partial charge in [-0.15, -0.1) is 0 Å². The number of nitrogens with one attached hydrogen (secondary N) is 1. The Morgan fingerprint density at radius 2 is 2.07 bits per heavy atom. The predicted octanol–water partition coefficient (Wildman–Crippen LogP) is 0.786. The van der Waals surface area contributed by atoms with E-state index in [0.717, 1.165) is 6.61 Å². The van der Waals surface area contributed by atoms with Gasteiger partial charge in [0.15, 0.2) is 0 Å². The molecule has 4 nitrogen and oxygen atoms in total. The van der Waals surface area contributed by atoms with Crippen molar-refractivity contribution in [1.29, 1.82) is 0 Å². The fourth-order valence-corrected chi connectivity index (χ4v) is 1.78. The standard InChI is InChI=1S/C10H20N2O2/c1-12(2)11-10(13)8-14-7-9-5-3-4-6-9/h9H,3-8H2,1-2H3,(H,11,13). The molecule has 0 atom stereocenters. The van der Waals surface area contributed by atoms with Gasteiger partial charge in [-0.2, -0.15) is 0 Å². The number of amides is 1. The number of carbonyl (C=O) groups excluding carboxylic acids is 1. The van der Waals surface area contributed by atoms with Crippen LogP contribution in [-0.4, -0.2) is 38.2 Å². The van der Waals surface area contributed by atoms with Gasteiger partial charge in [-0.25, -0.2) is 5.01 Å². The first-order chi connectivity index (χ1) is 6.68. The van der Waals surface area contributed by atoms with Crippen molar-refractivity contribution >= 4 is 5.91 Å². The molecule has 0 aromatic carbocycles. The van der Waals surface area contributed by atoms with Crippen molar-refractivity contribution in [2.45, 2.75) is 25.7 Å². The van der Waals surface area contributed by atoms with Crippen LogP contribution in [0.1, 0.15) is 25.7 Å². The van der Waals surface area contributed by atoms with Crippen molar-refractivity contribution in [1.82, 2.24) is 10.4 Å². The molecular weight excluding hydrogens is 180 g/mol. The van der Waals surface area contributed by atoms with Gasteiger partial charge in [0.05, 0.1) is 6.61 Å². The van der Waals surface area contributed by atoms with Gasteiger partial charge in [-0.05, 0) is 18.8 Å². The topological polar surface area (TPSA) is 41.6 Å². The summed E-state index contributed by atoms with van der Waals surface area (Å²) in [5.74, 6) is 0.607. The van der Waals surface area contributed by atoms with Crippen LogP contribution in [-0.2, 0) is 9.53 Å². The zero-order valence-corrected chi connectivity index (χ0v) is 9.08. The number of ether oxygens (including phenoxy) is 1. The molecule has 0 aromatic rings. The molecule has 0 heterocycles. The number of hydrogen-bond donors (Lipinski definition) is 1. The molecular formula is C10H20N2O2. The first-order valence-electron chi connectivity index (χ1n) is 5.23. The molecule has 1 N–H and O–H groups in total. The second-order valence-corrected chi connectivity index (χ2v) is 4.10. The van der Waals surface area contributed by atoms with Gasteiger partial charge in [-0.1, -0.05) is 12.8 Å². The molecule has 82 valence electrons. The third-order valence-electron chi connectivity index (χ3n) is 2.41. The lowest BCUT2D eigenvalue weighted by atomic mass is 10.1. The Labute approximate surface area is 85.6 Å². The van der Waals surface area contributed by atoms with Crippen molar-refractivity contribution in [3.8, 4) is 0 Å². The summed E-state index contributed by atoms with van der Waals surface area (Å²) in [6.07, 6.45) is 5.15. The largest absolute Gasteiger partial charge is 0.371 e. The van der Waals surface area contributed by atoms with Crippen molar-refractivity contribution in [3.63, 3.8) is 0 Å². The zero-order chi connectivity index (χ0) is 10.4. The molecule has 4 heteroatoms. The van der Waals surface area contributed by atoms with Crippen molar-refractivity contribution in [2.75, 3.05) is 27.3 Å². The minimum atomic E-state index is -0.0759. The third-order valence-corrected chi connectivity index (χ3v) is 2.41. The summed E-state index contributed by atoms with van der Waals surface area (Å²) >= 11 is 0. The van der Waals surface area contributed by atoms with Gasteiger partial charge in [0.2, 0.25) is 0 Å². The van der Waals surface area contributed by atoms with Crippen LogP contribution in [0.5, 0.6) is 0 Å². The lowest BCUT2D eigenvalue weighted by Crippen LogP contribution is -2.38. The van der Waals surface area contributed by atoms with Crippen LogP contribution in [0.15, 0.2) is 0 Å². The van der Waals surface area contributed by atoms with E-state index in [-0.39, 0.29) is 12.5 Å². The summed E-state index contributed by atoms with van der Waals surface area (Å²) in [6, 6.07) is 0. The molecule has 0 radical (unpaired) electrons. The maximum Gasteiger partial charge on any atom is 0.260 e. The average molecular weight is 200 g/mol. The normalized spacial score (nSPS) is 17.6. The average Bonchev–Trinajstić information content (AvgIpc) is 2.55. The van der Waals surface area contributed by atoms with Gasteiger partial charge in [-0.3, -0.25) is 10.2 Å². The minimum Gasteiger partial charge on any atom is -0.371 e. The number of hydrazine groups is 1. The van der Waals surface area contributed by atoms with Crippen LogP contribution in [0.3, 0.4) is 0 Å². The van der Waals surface area contributed by atoms with E-state index in [0.29, 0.717) is 5.92 Å². The van der Waals surface area contributed by atoms with E-state index >= 15 is 0 Å². The molecule has 1 rings (SSSR count). The summed E-state index contributed by atoms with van der Waals surface area (Å²) < 4.78 is 5.34. The fraction of sp³-hybridized carbons (Fsp3) is 0.900. The molecule has 1 fully saturated rings. The van der Waals surface area contributed by atoms with Gasteiger partial charge < -0.3 is 4.74 Å². The van der Waals surface area contributed by atoms with E-state index in [1.807, 2.05) is 0 Å². The molecule has 0 unspecified atom stereocenters. The molecule has 1 aliphatic carbocycles. The van der Waals surface area contributed by atoms with Crippen LogP contribution in [0.2, 0.25) is 0 Å². The van der Waals surface area contributed by atoms with Crippen molar-refractivity contribution < 1.29 is 9.53 Å². The highest BCUT2D eigenvalue weighted by Crippen LogP contribution is 2.24. The second-order valence-electron chi connectivity index (χ2n) is 4.10. The summed E-state index contributed by atoms with van der Waals surface area (Å²) in [5, 5.41) is 1.63. The first-order valence-corrected chi connectivity index (χ1v) is 5.23. The minimum absolute atomic E-state index is 0.0759. The molecule has 0 bridgehead atoms. The van der Waals surface area contributed by atoms with Gasteiger partial charge >= 0.3 is 0 Å². The number of hydrogen-bond acceptors (Lipinski definition) is 3. The number of carbonyl (C=O) groups is 1. The van der Waals surface area contributed by atoms with Crippen LogP contribution < -0.4 is 5.43 Å². The lowest BCUT2D eigenvalue weighted by molar-refractivity contribution is -0.129. The first kappa shape index (κ1) is 11.5. The molecule has 0 aliphatic heterocycles. The van der Waals surface area contributed by atoms with Gasteiger partial charge in [0.1, 0.15) is 6.61 Å². The second kappa shape index (κ2) is 5.98.